The first-order valence-corrected chi connectivity index (χ1v) is 9.05. The van der Waals surface area contributed by atoms with Gasteiger partial charge < -0.3 is 5.32 Å². The maximum absolute atomic E-state index is 12.9. The van der Waals surface area contributed by atoms with Gasteiger partial charge in [0.15, 0.2) is 0 Å². The molecule has 0 spiro atoms. The molecule has 2 rings (SSSR count). The zero-order chi connectivity index (χ0) is 15.6. The number of hydrogen-bond donors (Lipinski definition) is 1. The van der Waals surface area contributed by atoms with Gasteiger partial charge in [0.1, 0.15) is 0 Å². The summed E-state index contributed by atoms with van der Waals surface area (Å²) in [6.45, 7) is 8.06. The van der Waals surface area contributed by atoms with E-state index in [1.54, 1.807) is 4.31 Å². The second-order valence-corrected chi connectivity index (χ2v) is 8.07. The Morgan fingerprint density at radius 2 is 1.81 bits per heavy atom. The fourth-order valence-electron chi connectivity index (χ4n) is 2.90. The molecule has 0 unspecified atom stereocenters. The fourth-order valence-corrected chi connectivity index (χ4v) is 4.62. The normalized spacial score (nSPS) is 18.1. The van der Waals surface area contributed by atoms with Gasteiger partial charge in [-0.2, -0.15) is 4.31 Å². The number of nitrogens with one attached hydrogen (secondary N) is 1. The standard InChI is InChI=1S/C16H26N2O2S/c1-12-5-7-18(8-6-12)21(19,20)16-10-15(11-17-4)13(2)9-14(16)3/h9-10,12,17H,5-8,11H2,1-4H3. The van der Waals surface area contributed by atoms with Crippen LogP contribution in [0.5, 0.6) is 0 Å². The third kappa shape index (κ3) is 3.47. The topological polar surface area (TPSA) is 49.4 Å². The lowest BCUT2D eigenvalue weighted by Gasteiger charge is -2.30. The van der Waals surface area contributed by atoms with Crippen LogP contribution in [-0.4, -0.2) is 32.9 Å². The first-order valence-electron chi connectivity index (χ1n) is 7.61. The summed E-state index contributed by atoms with van der Waals surface area (Å²) in [5, 5.41) is 3.10. The molecule has 0 aliphatic carbocycles. The molecule has 0 radical (unpaired) electrons. The highest BCUT2D eigenvalue weighted by Gasteiger charge is 2.29. The van der Waals surface area contributed by atoms with Crippen molar-refractivity contribution in [2.45, 2.75) is 45.1 Å². The maximum Gasteiger partial charge on any atom is 0.243 e. The third-order valence-electron chi connectivity index (χ3n) is 4.36. The van der Waals surface area contributed by atoms with Crippen molar-refractivity contribution in [3.63, 3.8) is 0 Å². The van der Waals surface area contributed by atoms with Gasteiger partial charge in [-0.1, -0.05) is 13.0 Å². The van der Waals surface area contributed by atoms with Crippen LogP contribution >= 0.6 is 0 Å². The Morgan fingerprint density at radius 3 is 2.38 bits per heavy atom. The number of benzene rings is 1. The highest BCUT2D eigenvalue weighted by molar-refractivity contribution is 7.89. The molecule has 1 aliphatic rings. The predicted octanol–water partition coefficient (Wildman–Crippen LogP) is 2.44. The van der Waals surface area contributed by atoms with Gasteiger partial charge in [-0.15, -0.1) is 0 Å². The van der Waals surface area contributed by atoms with Crippen LogP contribution in [0.3, 0.4) is 0 Å². The van der Waals surface area contributed by atoms with E-state index in [1.165, 1.54) is 0 Å². The second kappa shape index (κ2) is 6.46. The molecule has 118 valence electrons. The molecule has 0 amide bonds. The Morgan fingerprint density at radius 1 is 1.19 bits per heavy atom. The van der Waals surface area contributed by atoms with Crippen molar-refractivity contribution in [1.29, 1.82) is 0 Å². The van der Waals surface area contributed by atoms with Crippen LogP contribution in [0.2, 0.25) is 0 Å². The molecule has 1 fully saturated rings. The zero-order valence-corrected chi connectivity index (χ0v) is 14.3. The Kier molecular flexibility index (Phi) is 5.07. The van der Waals surface area contributed by atoms with Crippen molar-refractivity contribution in [1.82, 2.24) is 9.62 Å². The molecule has 5 heteroatoms. The van der Waals surface area contributed by atoms with E-state index >= 15 is 0 Å². The highest BCUT2D eigenvalue weighted by Crippen LogP contribution is 2.27. The maximum atomic E-state index is 12.9. The van der Waals surface area contributed by atoms with Crippen LogP contribution in [0.25, 0.3) is 0 Å². The predicted molar refractivity (Wildman–Crippen MR) is 85.8 cm³/mol. The molecule has 21 heavy (non-hydrogen) atoms. The van der Waals surface area contributed by atoms with Crippen LogP contribution in [0.1, 0.15) is 36.5 Å². The number of nitrogens with zero attached hydrogens (tertiary/aromatic N) is 1. The fraction of sp³-hybridized carbons (Fsp3) is 0.625. The highest BCUT2D eigenvalue weighted by atomic mass is 32.2. The van der Waals surface area contributed by atoms with Gasteiger partial charge in [-0.25, -0.2) is 8.42 Å². The van der Waals surface area contributed by atoms with E-state index in [-0.39, 0.29) is 0 Å². The Hall–Kier alpha value is -0.910. The molecule has 0 bridgehead atoms. The van der Waals surface area contributed by atoms with Crippen LogP contribution in [0, 0.1) is 19.8 Å². The molecule has 0 aromatic heterocycles. The Labute approximate surface area is 128 Å². The molecule has 1 aliphatic heterocycles. The zero-order valence-electron chi connectivity index (χ0n) is 13.4. The summed E-state index contributed by atoms with van der Waals surface area (Å²) < 4.78 is 27.4. The lowest BCUT2D eigenvalue weighted by atomic mass is 10.0. The van der Waals surface area contributed by atoms with Crippen molar-refractivity contribution in [3.05, 3.63) is 28.8 Å². The number of aryl methyl sites for hydroxylation is 2. The van der Waals surface area contributed by atoms with Crippen LogP contribution in [-0.2, 0) is 16.6 Å². The van der Waals surface area contributed by atoms with Crippen LogP contribution in [0.15, 0.2) is 17.0 Å². The largest absolute Gasteiger partial charge is 0.316 e. The van der Waals surface area contributed by atoms with E-state index in [0.29, 0.717) is 30.4 Å². The summed E-state index contributed by atoms with van der Waals surface area (Å²) in [4.78, 5) is 0.466. The summed E-state index contributed by atoms with van der Waals surface area (Å²) in [5.74, 6) is 0.621. The average Bonchev–Trinajstić information content (AvgIpc) is 2.42. The van der Waals surface area contributed by atoms with Crippen molar-refractivity contribution in [3.8, 4) is 0 Å². The summed E-state index contributed by atoms with van der Waals surface area (Å²) in [6, 6.07) is 3.82. The van der Waals surface area contributed by atoms with E-state index in [1.807, 2.05) is 33.0 Å². The minimum atomic E-state index is -3.37. The third-order valence-corrected chi connectivity index (χ3v) is 6.40. The smallest absolute Gasteiger partial charge is 0.243 e. The molecule has 1 saturated heterocycles. The molecule has 0 atom stereocenters. The molecule has 1 N–H and O–H groups in total. The van der Waals surface area contributed by atoms with Gasteiger partial charge in [0.2, 0.25) is 10.0 Å². The van der Waals surface area contributed by atoms with Gasteiger partial charge in [0.25, 0.3) is 0 Å². The number of rotatable bonds is 4. The van der Waals surface area contributed by atoms with E-state index in [4.69, 9.17) is 0 Å². The van der Waals surface area contributed by atoms with Crippen molar-refractivity contribution >= 4 is 10.0 Å². The Balaban J connectivity index is 2.37. The van der Waals surface area contributed by atoms with Gasteiger partial charge in [0.05, 0.1) is 4.90 Å². The van der Waals surface area contributed by atoms with E-state index in [9.17, 15) is 8.42 Å². The molecule has 1 aromatic carbocycles. The lowest BCUT2D eigenvalue weighted by Crippen LogP contribution is -2.38. The molecule has 1 aromatic rings. The summed E-state index contributed by atoms with van der Waals surface area (Å²) >= 11 is 0. The number of piperidine rings is 1. The van der Waals surface area contributed by atoms with E-state index in [0.717, 1.165) is 29.5 Å². The monoisotopic (exact) mass is 310 g/mol. The van der Waals surface area contributed by atoms with Gasteiger partial charge in [-0.05, 0) is 62.4 Å². The summed E-state index contributed by atoms with van der Waals surface area (Å²) in [7, 11) is -1.49. The first-order chi connectivity index (χ1) is 9.86. The van der Waals surface area contributed by atoms with Crippen LogP contribution in [0.4, 0.5) is 0 Å². The number of hydrogen-bond acceptors (Lipinski definition) is 3. The summed E-state index contributed by atoms with van der Waals surface area (Å²) in [5.41, 5.74) is 3.02. The van der Waals surface area contributed by atoms with Crippen molar-refractivity contribution in [2.75, 3.05) is 20.1 Å². The SMILES string of the molecule is CNCc1cc(S(=O)(=O)N2CCC(C)CC2)c(C)cc1C. The second-order valence-electron chi connectivity index (χ2n) is 6.16. The molecular weight excluding hydrogens is 284 g/mol. The van der Waals surface area contributed by atoms with Crippen molar-refractivity contribution in [2.24, 2.45) is 5.92 Å². The molecule has 1 heterocycles. The molecule has 4 nitrogen and oxygen atoms in total. The minimum Gasteiger partial charge on any atom is -0.316 e. The average molecular weight is 310 g/mol. The van der Waals surface area contributed by atoms with Gasteiger partial charge in [0, 0.05) is 19.6 Å². The first kappa shape index (κ1) is 16.5. The van der Waals surface area contributed by atoms with E-state index < -0.39 is 10.0 Å². The van der Waals surface area contributed by atoms with Crippen LogP contribution < -0.4 is 5.32 Å². The summed E-state index contributed by atoms with van der Waals surface area (Å²) in [6.07, 6.45) is 1.90. The van der Waals surface area contributed by atoms with Crippen molar-refractivity contribution < 1.29 is 8.42 Å². The number of sulfonamides is 1. The minimum absolute atomic E-state index is 0.466. The van der Waals surface area contributed by atoms with Gasteiger partial charge >= 0.3 is 0 Å². The lowest BCUT2D eigenvalue weighted by molar-refractivity contribution is 0.288. The quantitative estimate of drug-likeness (QED) is 0.929. The molecule has 0 saturated carbocycles. The van der Waals surface area contributed by atoms with Gasteiger partial charge in [-0.3, -0.25) is 0 Å². The Bertz CT molecular complexity index is 603. The van der Waals surface area contributed by atoms with E-state index in [2.05, 4.69) is 12.2 Å². The molecular formula is C16H26N2O2S.